The lowest BCUT2D eigenvalue weighted by Gasteiger charge is -2.49. The number of aliphatic hydroxyl groups is 4. The van der Waals surface area contributed by atoms with Crippen LogP contribution in [0.15, 0.2) is 0 Å². The van der Waals surface area contributed by atoms with Gasteiger partial charge in [-0.1, -0.05) is 0 Å². The smallest absolute Gasteiger partial charge is 0.169 e. The van der Waals surface area contributed by atoms with E-state index in [-0.39, 0.29) is 0 Å². The molecule has 0 unspecified atom stereocenters. The van der Waals surface area contributed by atoms with Crippen LogP contribution in [0.5, 0.6) is 0 Å². The molecule has 0 bridgehead atoms. The number of rotatable bonds is 3. The SMILES string of the molecule is C[C@@H](O)[C@H]1OC2(CCCC2)O[C@@H]([C@@H](O)C(C)(C)O)[C@H]1O. The minimum Gasteiger partial charge on any atom is -0.391 e. The van der Waals surface area contributed by atoms with Gasteiger partial charge in [0.15, 0.2) is 5.79 Å². The summed E-state index contributed by atoms with van der Waals surface area (Å²) in [4.78, 5) is 0. The van der Waals surface area contributed by atoms with E-state index >= 15 is 0 Å². The van der Waals surface area contributed by atoms with E-state index < -0.39 is 41.9 Å². The van der Waals surface area contributed by atoms with E-state index in [0.717, 1.165) is 12.8 Å². The largest absolute Gasteiger partial charge is 0.391 e. The number of aliphatic hydroxyl groups excluding tert-OH is 3. The number of hydrogen-bond acceptors (Lipinski definition) is 6. The van der Waals surface area contributed by atoms with E-state index in [1.165, 1.54) is 20.8 Å². The number of hydrogen-bond donors (Lipinski definition) is 4. The van der Waals surface area contributed by atoms with Crippen LogP contribution in [-0.4, -0.2) is 62.3 Å². The van der Waals surface area contributed by atoms with Gasteiger partial charge in [0.05, 0.1) is 11.7 Å². The molecule has 0 aromatic carbocycles. The van der Waals surface area contributed by atoms with Crippen LogP contribution in [0.1, 0.15) is 46.5 Å². The average Bonchev–Trinajstić information content (AvgIpc) is 2.78. The van der Waals surface area contributed by atoms with Crippen LogP contribution in [0.2, 0.25) is 0 Å². The molecule has 1 heterocycles. The van der Waals surface area contributed by atoms with Gasteiger partial charge in [-0.15, -0.1) is 0 Å². The van der Waals surface area contributed by atoms with Gasteiger partial charge in [-0.05, 0) is 33.6 Å². The van der Waals surface area contributed by atoms with E-state index in [4.69, 9.17) is 9.47 Å². The molecule has 4 N–H and O–H groups in total. The zero-order valence-electron chi connectivity index (χ0n) is 12.3. The maximum absolute atomic E-state index is 10.3. The molecule has 1 saturated carbocycles. The molecular formula is C14H26O6. The summed E-state index contributed by atoms with van der Waals surface area (Å²) in [5.74, 6) is -0.863. The summed E-state index contributed by atoms with van der Waals surface area (Å²) in [5.41, 5.74) is -1.41. The van der Waals surface area contributed by atoms with Gasteiger partial charge in [-0.25, -0.2) is 0 Å². The van der Waals surface area contributed by atoms with Crippen molar-refractivity contribution < 1.29 is 29.9 Å². The summed E-state index contributed by atoms with van der Waals surface area (Å²) in [6.45, 7) is 4.46. The van der Waals surface area contributed by atoms with Gasteiger partial charge < -0.3 is 29.9 Å². The highest BCUT2D eigenvalue weighted by Gasteiger charge is 2.54. The predicted molar refractivity (Wildman–Crippen MR) is 70.9 cm³/mol. The van der Waals surface area contributed by atoms with Crippen molar-refractivity contribution in [2.45, 2.75) is 88.4 Å². The Kier molecular flexibility index (Phi) is 4.45. The Labute approximate surface area is 119 Å². The third-order valence-electron chi connectivity index (χ3n) is 4.25. The molecule has 2 fully saturated rings. The molecule has 1 aliphatic carbocycles. The third kappa shape index (κ3) is 3.00. The van der Waals surface area contributed by atoms with Crippen molar-refractivity contribution in [1.29, 1.82) is 0 Å². The van der Waals surface area contributed by atoms with Crippen LogP contribution in [0.4, 0.5) is 0 Å². The second-order valence-corrected chi connectivity index (χ2v) is 6.61. The first-order valence-electron chi connectivity index (χ1n) is 7.28. The second-order valence-electron chi connectivity index (χ2n) is 6.61. The first-order valence-corrected chi connectivity index (χ1v) is 7.28. The number of ether oxygens (including phenoxy) is 2. The van der Waals surface area contributed by atoms with Crippen molar-refractivity contribution in [3.63, 3.8) is 0 Å². The topological polar surface area (TPSA) is 99.4 Å². The third-order valence-corrected chi connectivity index (χ3v) is 4.25. The second kappa shape index (κ2) is 5.51. The summed E-state index contributed by atoms with van der Waals surface area (Å²) >= 11 is 0. The molecule has 118 valence electrons. The summed E-state index contributed by atoms with van der Waals surface area (Å²) in [7, 11) is 0. The van der Waals surface area contributed by atoms with Gasteiger partial charge in [-0.2, -0.15) is 0 Å². The van der Waals surface area contributed by atoms with Crippen molar-refractivity contribution in [1.82, 2.24) is 0 Å². The van der Waals surface area contributed by atoms with Gasteiger partial charge in [0.2, 0.25) is 0 Å². The van der Waals surface area contributed by atoms with Crippen LogP contribution in [0.25, 0.3) is 0 Å². The van der Waals surface area contributed by atoms with Crippen LogP contribution >= 0.6 is 0 Å². The normalized spacial score (nSPS) is 37.0. The molecule has 5 atom stereocenters. The van der Waals surface area contributed by atoms with E-state index in [1.807, 2.05) is 0 Å². The summed E-state index contributed by atoms with van der Waals surface area (Å²) < 4.78 is 11.6. The van der Waals surface area contributed by atoms with E-state index in [2.05, 4.69) is 0 Å². The Morgan fingerprint density at radius 2 is 1.60 bits per heavy atom. The average molecular weight is 290 g/mol. The summed E-state index contributed by atoms with van der Waals surface area (Å²) in [6.07, 6.45) is -1.95. The highest BCUT2D eigenvalue weighted by molar-refractivity contribution is 4.98. The molecule has 1 spiro atoms. The maximum atomic E-state index is 10.3. The molecule has 6 nitrogen and oxygen atoms in total. The molecule has 0 amide bonds. The van der Waals surface area contributed by atoms with Crippen molar-refractivity contribution in [2.75, 3.05) is 0 Å². The fraction of sp³-hybridized carbons (Fsp3) is 1.00. The monoisotopic (exact) mass is 290 g/mol. The lowest BCUT2D eigenvalue weighted by atomic mass is 9.89. The molecule has 2 aliphatic rings. The Hall–Kier alpha value is -0.240. The molecule has 6 heteroatoms. The highest BCUT2D eigenvalue weighted by atomic mass is 16.7. The molecule has 0 radical (unpaired) electrons. The molecule has 1 saturated heterocycles. The maximum Gasteiger partial charge on any atom is 0.169 e. The van der Waals surface area contributed by atoms with Crippen LogP contribution in [0, 0.1) is 0 Å². The zero-order valence-corrected chi connectivity index (χ0v) is 12.3. The minimum absolute atomic E-state index is 0.665. The lowest BCUT2D eigenvalue weighted by molar-refractivity contribution is -0.372. The van der Waals surface area contributed by atoms with Crippen molar-refractivity contribution in [3.05, 3.63) is 0 Å². The van der Waals surface area contributed by atoms with Crippen LogP contribution in [-0.2, 0) is 9.47 Å². The zero-order chi connectivity index (χ0) is 15.1. The Balaban J connectivity index is 2.25. The molecule has 1 aliphatic heterocycles. The lowest BCUT2D eigenvalue weighted by Crippen LogP contribution is -2.64. The first-order chi connectivity index (χ1) is 9.16. The Morgan fingerprint density at radius 3 is 2.05 bits per heavy atom. The van der Waals surface area contributed by atoms with Gasteiger partial charge in [0.25, 0.3) is 0 Å². The fourth-order valence-corrected chi connectivity index (χ4v) is 3.04. The summed E-state index contributed by atoms with van der Waals surface area (Å²) in [6, 6.07) is 0. The molecule has 0 aromatic rings. The Morgan fingerprint density at radius 1 is 1.10 bits per heavy atom. The van der Waals surface area contributed by atoms with Gasteiger partial charge in [-0.3, -0.25) is 0 Å². The fourth-order valence-electron chi connectivity index (χ4n) is 3.04. The highest BCUT2D eigenvalue weighted by Crippen LogP contribution is 2.42. The van der Waals surface area contributed by atoms with E-state index in [9.17, 15) is 20.4 Å². The van der Waals surface area contributed by atoms with Crippen LogP contribution in [0.3, 0.4) is 0 Å². The van der Waals surface area contributed by atoms with Crippen molar-refractivity contribution >= 4 is 0 Å². The summed E-state index contributed by atoms with van der Waals surface area (Å²) in [5, 5.41) is 40.3. The van der Waals surface area contributed by atoms with E-state index in [1.54, 1.807) is 0 Å². The van der Waals surface area contributed by atoms with Crippen molar-refractivity contribution in [2.24, 2.45) is 0 Å². The molecule has 20 heavy (non-hydrogen) atoms. The van der Waals surface area contributed by atoms with Gasteiger partial charge in [0.1, 0.15) is 24.4 Å². The quantitative estimate of drug-likeness (QED) is 0.580. The van der Waals surface area contributed by atoms with Crippen molar-refractivity contribution in [3.8, 4) is 0 Å². The predicted octanol–water partition coefficient (Wildman–Crippen LogP) is -0.0858. The van der Waals surface area contributed by atoms with E-state index in [0.29, 0.717) is 12.8 Å². The standard InChI is InChI=1S/C14H26O6/c1-8(15)10-9(16)11(12(17)13(2,3)18)20-14(19-10)6-4-5-7-14/h8-12,15-18H,4-7H2,1-3H3/t8-,9+,10-,11-,12-/m1/s1. The first kappa shape index (κ1) is 16.1. The minimum atomic E-state index is -1.41. The molecule has 2 rings (SSSR count). The Bertz CT molecular complexity index is 331. The molecule has 0 aromatic heterocycles. The van der Waals surface area contributed by atoms with Gasteiger partial charge in [0, 0.05) is 12.8 Å². The molecular weight excluding hydrogens is 264 g/mol. The van der Waals surface area contributed by atoms with Gasteiger partial charge >= 0.3 is 0 Å². The van der Waals surface area contributed by atoms with Crippen LogP contribution < -0.4 is 0 Å².